The monoisotopic (exact) mass is 142 g/mol. The van der Waals surface area contributed by atoms with Crippen molar-refractivity contribution in [1.29, 1.82) is 0 Å². The van der Waals surface area contributed by atoms with Gasteiger partial charge in [-0.3, -0.25) is 0 Å². The summed E-state index contributed by atoms with van der Waals surface area (Å²) in [6, 6.07) is 0. The van der Waals surface area contributed by atoms with Crippen LogP contribution in [0.15, 0.2) is 0 Å². The van der Waals surface area contributed by atoms with Crippen LogP contribution in [0, 0.1) is 11.8 Å². The van der Waals surface area contributed by atoms with E-state index >= 15 is 0 Å². The Hall–Kier alpha value is -0.0400. The first-order chi connectivity index (χ1) is 4.84. The largest absolute Gasteiger partial charge is 0.396 e. The average Bonchev–Trinajstić information content (AvgIpc) is 2.05. The van der Waals surface area contributed by atoms with E-state index < -0.39 is 0 Å². The van der Waals surface area contributed by atoms with Crippen molar-refractivity contribution in [3.8, 4) is 0 Å². The maximum atomic E-state index is 8.89. The Morgan fingerprint density at radius 2 is 1.90 bits per heavy atom. The molecule has 1 heteroatoms. The normalized spacial score (nSPS) is 24.6. The summed E-state index contributed by atoms with van der Waals surface area (Å²) in [7, 11) is 0. The van der Waals surface area contributed by atoms with Gasteiger partial charge in [0.25, 0.3) is 0 Å². The van der Waals surface area contributed by atoms with E-state index in [4.69, 9.17) is 5.11 Å². The lowest BCUT2D eigenvalue weighted by atomic mass is 9.81. The Morgan fingerprint density at radius 3 is 2.40 bits per heavy atom. The highest BCUT2D eigenvalue weighted by Crippen LogP contribution is 2.29. The molecule has 1 rings (SSSR count). The molecule has 0 amide bonds. The summed E-state index contributed by atoms with van der Waals surface area (Å²) in [5.41, 5.74) is 0. The molecule has 0 radical (unpaired) electrons. The molecule has 0 saturated heterocycles. The Bertz CT molecular complexity index is 84.7. The fourth-order valence-corrected chi connectivity index (χ4v) is 1.85. The number of rotatable bonds is 2. The third-order valence-electron chi connectivity index (χ3n) is 2.74. The molecular formula is C9H18O. The molecule has 1 fully saturated rings. The van der Waals surface area contributed by atoms with Crippen LogP contribution in [0.3, 0.4) is 0 Å². The molecule has 0 aliphatic heterocycles. The van der Waals surface area contributed by atoms with Gasteiger partial charge >= 0.3 is 0 Å². The molecule has 1 atom stereocenters. The van der Waals surface area contributed by atoms with E-state index in [1.54, 1.807) is 0 Å². The van der Waals surface area contributed by atoms with Gasteiger partial charge in [0.1, 0.15) is 0 Å². The van der Waals surface area contributed by atoms with Crippen molar-refractivity contribution in [2.75, 3.05) is 6.61 Å². The first kappa shape index (κ1) is 8.06. The van der Waals surface area contributed by atoms with Crippen molar-refractivity contribution >= 4 is 0 Å². The van der Waals surface area contributed by atoms with Gasteiger partial charge in [0, 0.05) is 6.61 Å². The molecule has 0 heterocycles. The van der Waals surface area contributed by atoms with Gasteiger partial charge in [-0.1, -0.05) is 39.0 Å². The average molecular weight is 142 g/mol. The number of aliphatic hydroxyl groups is 1. The van der Waals surface area contributed by atoms with E-state index in [-0.39, 0.29) is 0 Å². The molecule has 0 spiro atoms. The zero-order valence-corrected chi connectivity index (χ0v) is 6.84. The van der Waals surface area contributed by atoms with Crippen LogP contribution in [0.1, 0.15) is 39.0 Å². The lowest BCUT2D eigenvalue weighted by molar-refractivity contribution is 0.160. The van der Waals surface area contributed by atoms with Gasteiger partial charge < -0.3 is 5.11 Å². The summed E-state index contributed by atoms with van der Waals surface area (Å²) in [5.74, 6) is 1.36. The van der Waals surface area contributed by atoms with Gasteiger partial charge in [-0.25, -0.2) is 0 Å². The zero-order valence-electron chi connectivity index (χ0n) is 6.84. The summed E-state index contributed by atoms with van der Waals surface area (Å²) in [4.78, 5) is 0. The lowest BCUT2D eigenvalue weighted by Crippen LogP contribution is -2.17. The molecule has 60 valence electrons. The van der Waals surface area contributed by atoms with Crippen LogP contribution in [0.5, 0.6) is 0 Å². The van der Waals surface area contributed by atoms with Gasteiger partial charge in [-0.2, -0.15) is 0 Å². The summed E-state index contributed by atoms with van der Waals surface area (Å²) in [5, 5.41) is 8.89. The highest BCUT2D eigenvalue weighted by Gasteiger charge is 2.18. The van der Waals surface area contributed by atoms with E-state index in [1.807, 2.05) is 0 Å². The van der Waals surface area contributed by atoms with Crippen LogP contribution in [-0.2, 0) is 0 Å². The molecule has 1 nitrogen and oxygen atoms in total. The highest BCUT2D eigenvalue weighted by molar-refractivity contribution is 4.70. The van der Waals surface area contributed by atoms with E-state index in [9.17, 15) is 0 Å². The SMILES string of the molecule is C[C@H](CO)C1CCCCC1. The van der Waals surface area contributed by atoms with Gasteiger partial charge in [0.15, 0.2) is 0 Å². The second-order valence-corrected chi connectivity index (χ2v) is 3.56. The molecule has 0 aromatic heterocycles. The minimum atomic E-state index is 0.380. The third kappa shape index (κ3) is 1.98. The van der Waals surface area contributed by atoms with Crippen LogP contribution in [0.4, 0.5) is 0 Å². The summed E-state index contributed by atoms with van der Waals surface area (Å²) in [6.45, 7) is 2.54. The van der Waals surface area contributed by atoms with Crippen LogP contribution in [-0.4, -0.2) is 11.7 Å². The Balaban J connectivity index is 2.24. The van der Waals surface area contributed by atoms with E-state index in [0.29, 0.717) is 12.5 Å². The Labute approximate surface area is 63.4 Å². The molecule has 1 aliphatic rings. The molecule has 0 unspecified atom stereocenters. The van der Waals surface area contributed by atoms with Crippen molar-refractivity contribution in [2.45, 2.75) is 39.0 Å². The summed E-state index contributed by atoms with van der Waals surface area (Å²) < 4.78 is 0. The smallest absolute Gasteiger partial charge is 0.0459 e. The van der Waals surface area contributed by atoms with Gasteiger partial charge in [0.2, 0.25) is 0 Å². The lowest BCUT2D eigenvalue weighted by Gasteiger charge is -2.25. The van der Waals surface area contributed by atoms with Gasteiger partial charge in [-0.15, -0.1) is 0 Å². The van der Waals surface area contributed by atoms with E-state index in [1.165, 1.54) is 32.1 Å². The second kappa shape index (κ2) is 3.97. The van der Waals surface area contributed by atoms with Crippen LogP contribution in [0.25, 0.3) is 0 Å². The molecule has 1 saturated carbocycles. The maximum absolute atomic E-state index is 8.89. The van der Waals surface area contributed by atoms with Crippen molar-refractivity contribution in [1.82, 2.24) is 0 Å². The standard InChI is InChI=1S/C9H18O/c1-8(7-10)9-5-3-2-4-6-9/h8-10H,2-7H2,1H3/t8-/m1/s1. The molecule has 10 heavy (non-hydrogen) atoms. The minimum Gasteiger partial charge on any atom is -0.396 e. The van der Waals surface area contributed by atoms with Crippen LogP contribution >= 0.6 is 0 Å². The predicted molar refractivity (Wildman–Crippen MR) is 42.8 cm³/mol. The summed E-state index contributed by atoms with van der Waals surface area (Å²) >= 11 is 0. The van der Waals surface area contributed by atoms with Crippen LogP contribution < -0.4 is 0 Å². The topological polar surface area (TPSA) is 20.2 Å². The Kier molecular flexibility index (Phi) is 3.20. The first-order valence-electron chi connectivity index (χ1n) is 4.45. The van der Waals surface area contributed by atoms with Crippen molar-refractivity contribution in [3.05, 3.63) is 0 Å². The van der Waals surface area contributed by atoms with Gasteiger partial charge in [0.05, 0.1) is 0 Å². The quantitative estimate of drug-likeness (QED) is 0.626. The molecule has 0 bridgehead atoms. The fraction of sp³-hybridized carbons (Fsp3) is 1.00. The third-order valence-corrected chi connectivity index (χ3v) is 2.74. The van der Waals surface area contributed by atoms with E-state index in [2.05, 4.69) is 6.92 Å². The molecule has 1 aliphatic carbocycles. The second-order valence-electron chi connectivity index (χ2n) is 3.56. The molecule has 0 aromatic rings. The van der Waals surface area contributed by atoms with Crippen molar-refractivity contribution in [2.24, 2.45) is 11.8 Å². The van der Waals surface area contributed by atoms with E-state index in [0.717, 1.165) is 5.92 Å². The predicted octanol–water partition coefficient (Wildman–Crippen LogP) is 2.20. The molecular weight excluding hydrogens is 124 g/mol. The maximum Gasteiger partial charge on any atom is 0.0459 e. The zero-order chi connectivity index (χ0) is 7.40. The molecule has 1 N–H and O–H groups in total. The van der Waals surface area contributed by atoms with Crippen molar-refractivity contribution < 1.29 is 5.11 Å². The van der Waals surface area contributed by atoms with Gasteiger partial charge in [-0.05, 0) is 11.8 Å². The molecule has 0 aromatic carbocycles. The first-order valence-corrected chi connectivity index (χ1v) is 4.45. The van der Waals surface area contributed by atoms with Crippen LogP contribution in [0.2, 0.25) is 0 Å². The fourth-order valence-electron chi connectivity index (χ4n) is 1.85. The minimum absolute atomic E-state index is 0.380. The summed E-state index contributed by atoms with van der Waals surface area (Å²) in [6.07, 6.45) is 6.88. The highest BCUT2D eigenvalue weighted by atomic mass is 16.3. The number of hydrogen-bond donors (Lipinski definition) is 1. The Morgan fingerprint density at radius 1 is 1.30 bits per heavy atom. The number of hydrogen-bond acceptors (Lipinski definition) is 1. The number of aliphatic hydroxyl groups excluding tert-OH is 1. The van der Waals surface area contributed by atoms with Crippen molar-refractivity contribution in [3.63, 3.8) is 0 Å².